The van der Waals surface area contributed by atoms with E-state index in [0.717, 1.165) is 0 Å². The second-order valence-corrected chi connectivity index (χ2v) is 5.71. The molecule has 94 valence electrons. The minimum atomic E-state index is -0.467. The molecule has 0 saturated carbocycles. The summed E-state index contributed by atoms with van der Waals surface area (Å²) in [7, 11) is 0. The molecule has 3 nitrogen and oxygen atoms in total. The fraction of sp³-hybridized carbons (Fsp3) is 0.417. The number of benzene rings is 1. The zero-order valence-corrected chi connectivity index (χ0v) is 11.7. The molecule has 0 fully saturated rings. The third-order valence-electron chi connectivity index (χ3n) is 2.18. The highest BCUT2D eigenvalue weighted by atomic mass is 79.9. The van der Waals surface area contributed by atoms with Crippen LogP contribution in [0, 0.1) is 11.2 Å². The number of hydrogen-bond donors (Lipinski definition) is 2. The minimum Gasteiger partial charge on any atom is -0.291 e. The van der Waals surface area contributed by atoms with E-state index in [0.29, 0.717) is 10.0 Å². The molecule has 17 heavy (non-hydrogen) atoms. The van der Waals surface area contributed by atoms with Crippen molar-refractivity contribution in [1.29, 1.82) is 0 Å². The van der Waals surface area contributed by atoms with Gasteiger partial charge >= 0.3 is 0 Å². The lowest BCUT2D eigenvalue weighted by Gasteiger charge is -2.18. The monoisotopic (exact) mass is 302 g/mol. The zero-order chi connectivity index (χ0) is 13.1. The van der Waals surface area contributed by atoms with Gasteiger partial charge in [-0.25, -0.2) is 9.82 Å². The molecule has 0 aromatic heterocycles. The second kappa shape index (κ2) is 5.60. The zero-order valence-electron chi connectivity index (χ0n) is 10.1. The van der Waals surface area contributed by atoms with Gasteiger partial charge in [0.1, 0.15) is 5.82 Å². The molecule has 0 radical (unpaired) electrons. The molecule has 0 bridgehead atoms. The van der Waals surface area contributed by atoms with E-state index in [1.165, 1.54) is 6.07 Å². The molecular weight excluding hydrogens is 287 g/mol. The first kappa shape index (κ1) is 14.1. The van der Waals surface area contributed by atoms with E-state index < -0.39 is 5.41 Å². The van der Waals surface area contributed by atoms with Crippen LogP contribution in [0.2, 0.25) is 0 Å². The van der Waals surface area contributed by atoms with Gasteiger partial charge in [-0.2, -0.15) is 0 Å². The normalized spacial score (nSPS) is 11.4. The van der Waals surface area contributed by atoms with Crippen molar-refractivity contribution in [3.05, 3.63) is 34.1 Å². The van der Waals surface area contributed by atoms with E-state index in [9.17, 15) is 9.18 Å². The molecule has 0 unspecified atom stereocenters. The Balaban J connectivity index is 2.49. The largest absolute Gasteiger partial charge is 0.291 e. The number of amides is 1. The van der Waals surface area contributed by atoms with Crippen molar-refractivity contribution in [2.45, 2.75) is 27.3 Å². The van der Waals surface area contributed by atoms with Gasteiger partial charge in [-0.3, -0.25) is 10.2 Å². The van der Waals surface area contributed by atoms with Crippen molar-refractivity contribution in [3.63, 3.8) is 0 Å². The number of halogens is 2. The highest BCUT2D eigenvalue weighted by Gasteiger charge is 2.20. The summed E-state index contributed by atoms with van der Waals surface area (Å²) in [6.45, 7) is 5.68. The summed E-state index contributed by atoms with van der Waals surface area (Å²) >= 11 is 3.18. The van der Waals surface area contributed by atoms with Crippen LogP contribution in [-0.2, 0) is 11.3 Å². The maximum atomic E-state index is 13.4. The average Bonchev–Trinajstić information content (AvgIpc) is 2.19. The molecule has 1 aromatic rings. The minimum absolute atomic E-state index is 0.130. The summed E-state index contributed by atoms with van der Waals surface area (Å²) in [5.41, 5.74) is 5.29. The Kier molecular flexibility index (Phi) is 4.65. The van der Waals surface area contributed by atoms with E-state index >= 15 is 0 Å². The summed E-state index contributed by atoms with van der Waals surface area (Å²) in [6.07, 6.45) is 0. The predicted molar refractivity (Wildman–Crippen MR) is 68.5 cm³/mol. The van der Waals surface area contributed by atoms with Crippen LogP contribution in [0.5, 0.6) is 0 Å². The van der Waals surface area contributed by atoms with Crippen molar-refractivity contribution in [2.24, 2.45) is 5.41 Å². The third-order valence-corrected chi connectivity index (χ3v) is 2.67. The van der Waals surface area contributed by atoms with E-state index in [4.69, 9.17) is 0 Å². The highest BCUT2D eigenvalue weighted by molar-refractivity contribution is 9.10. The molecule has 0 heterocycles. The van der Waals surface area contributed by atoms with Crippen molar-refractivity contribution >= 4 is 21.8 Å². The Bertz CT molecular complexity index is 415. The fourth-order valence-corrected chi connectivity index (χ4v) is 1.41. The van der Waals surface area contributed by atoms with Gasteiger partial charge in [-0.15, -0.1) is 0 Å². The van der Waals surface area contributed by atoms with Crippen molar-refractivity contribution < 1.29 is 9.18 Å². The van der Waals surface area contributed by atoms with Gasteiger partial charge in [-0.05, 0) is 12.1 Å². The predicted octanol–water partition coefficient (Wildman–Crippen LogP) is 2.76. The van der Waals surface area contributed by atoms with Crippen molar-refractivity contribution in [2.75, 3.05) is 0 Å². The summed E-state index contributed by atoms with van der Waals surface area (Å²) in [4.78, 5) is 11.5. The fourth-order valence-electron chi connectivity index (χ4n) is 1.07. The quantitative estimate of drug-likeness (QED) is 0.843. The Morgan fingerprint density at radius 2 is 2.06 bits per heavy atom. The Hall–Kier alpha value is -0.940. The first-order valence-electron chi connectivity index (χ1n) is 5.28. The summed E-state index contributed by atoms with van der Waals surface area (Å²) in [5.74, 6) is -0.438. The Morgan fingerprint density at radius 3 is 2.59 bits per heavy atom. The van der Waals surface area contributed by atoms with Crippen LogP contribution in [-0.4, -0.2) is 5.91 Å². The van der Waals surface area contributed by atoms with Crippen LogP contribution < -0.4 is 10.9 Å². The lowest BCUT2D eigenvalue weighted by Crippen LogP contribution is -2.43. The van der Waals surface area contributed by atoms with Gasteiger partial charge in [0, 0.05) is 22.0 Å². The molecule has 0 aliphatic rings. The summed E-state index contributed by atoms with van der Waals surface area (Å²) in [6, 6.07) is 4.81. The number of carbonyl (C=O) groups is 1. The van der Waals surface area contributed by atoms with Gasteiger partial charge in [0.25, 0.3) is 0 Å². The SMILES string of the molecule is CC(C)(C)C(=O)NNCc1ccc(Br)cc1F. The molecule has 1 rings (SSSR count). The van der Waals surface area contributed by atoms with E-state index in [1.807, 2.05) is 20.8 Å². The third kappa shape index (κ3) is 4.44. The molecule has 0 atom stereocenters. The van der Waals surface area contributed by atoms with Crippen LogP contribution in [0.3, 0.4) is 0 Å². The lowest BCUT2D eigenvalue weighted by molar-refractivity contribution is -0.129. The molecule has 0 spiro atoms. The lowest BCUT2D eigenvalue weighted by atomic mass is 9.96. The molecule has 2 N–H and O–H groups in total. The van der Waals surface area contributed by atoms with Crippen LogP contribution in [0.1, 0.15) is 26.3 Å². The summed E-state index contributed by atoms with van der Waals surface area (Å²) in [5, 5.41) is 0. The van der Waals surface area contributed by atoms with Gasteiger partial charge in [0.05, 0.1) is 0 Å². The average molecular weight is 303 g/mol. The molecule has 0 aliphatic carbocycles. The second-order valence-electron chi connectivity index (χ2n) is 4.79. The van der Waals surface area contributed by atoms with Crippen molar-refractivity contribution in [1.82, 2.24) is 10.9 Å². The molecule has 1 amide bonds. The number of hydrogen-bond acceptors (Lipinski definition) is 2. The Labute approximate surface area is 109 Å². The number of nitrogens with one attached hydrogen (secondary N) is 2. The van der Waals surface area contributed by atoms with Gasteiger partial charge in [0.2, 0.25) is 5.91 Å². The topological polar surface area (TPSA) is 41.1 Å². The van der Waals surface area contributed by atoms with Crippen LogP contribution in [0.4, 0.5) is 4.39 Å². The molecular formula is C12H16BrFN2O. The van der Waals surface area contributed by atoms with E-state index in [-0.39, 0.29) is 18.3 Å². The maximum absolute atomic E-state index is 13.4. The highest BCUT2D eigenvalue weighted by Crippen LogP contribution is 2.15. The molecule has 1 aromatic carbocycles. The Morgan fingerprint density at radius 1 is 1.41 bits per heavy atom. The van der Waals surface area contributed by atoms with E-state index in [1.54, 1.807) is 12.1 Å². The maximum Gasteiger partial charge on any atom is 0.239 e. The van der Waals surface area contributed by atoms with Crippen LogP contribution >= 0.6 is 15.9 Å². The van der Waals surface area contributed by atoms with Gasteiger partial charge < -0.3 is 0 Å². The van der Waals surface area contributed by atoms with Crippen LogP contribution in [0.15, 0.2) is 22.7 Å². The summed E-state index contributed by atoms with van der Waals surface area (Å²) < 4.78 is 14.1. The molecule has 0 saturated heterocycles. The number of hydrazine groups is 1. The number of carbonyl (C=O) groups excluding carboxylic acids is 1. The molecule has 5 heteroatoms. The molecule has 0 aliphatic heterocycles. The van der Waals surface area contributed by atoms with Crippen molar-refractivity contribution in [3.8, 4) is 0 Å². The first-order valence-corrected chi connectivity index (χ1v) is 6.07. The van der Waals surface area contributed by atoms with Crippen LogP contribution in [0.25, 0.3) is 0 Å². The van der Waals surface area contributed by atoms with E-state index in [2.05, 4.69) is 26.8 Å². The van der Waals surface area contributed by atoms with Gasteiger partial charge in [-0.1, -0.05) is 42.8 Å². The van der Waals surface area contributed by atoms with Gasteiger partial charge in [0.15, 0.2) is 0 Å². The smallest absolute Gasteiger partial charge is 0.239 e. The number of rotatable bonds is 3. The standard InChI is InChI=1S/C12H16BrFN2O/c1-12(2,3)11(17)16-15-7-8-4-5-9(13)6-10(8)14/h4-6,15H,7H2,1-3H3,(H,16,17). The first-order chi connectivity index (χ1) is 7.80.